The number of nitrogens with zero attached hydrogens (tertiary/aromatic N) is 1. The molecule has 2 aromatic rings. The number of aromatic nitrogens is 1. The average Bonchev–Trinajstić information content (AvgIpc) is 2.78. The predicted octanol–water partition coefficient (Wildman–Crippen LogP) is 3.30. The fraction of sp³-hybridized carbons (Fsp3) is 0.0769. The molecular formula is C13H11NO2S. The Labute approximate surface area is 103 Å². The highest BCUT2D eigenvalue weighted by Crippen LogP contribution is 2.24. The van der Waals surface area contributed by atoms with E-state index in [2.05, 4.69) is 4.98 Å². The number of carboxylic acids is 1. The van der Waals surface area contributed by atoms with Crippen LogP contribution in [0.4, 0.5) is 0 Å². The molecule has 17 heavy (non-hydrogen) atoms. The minimum absolute atomic E-state index is 0.287. The lowest BCUT2D eigenvalue weighted by atomic mass is 10.2. The molecule has 0 aliphatic heterocycles. The Balaban J connectivity index is 2.29. The summed E-state index contributed by atoms with van der Waals surface area (Å²) in [5.41, 5.74) is 2.02. The summed E-state index contributed by atoms with van der Waals surface area (Å²) < 4.78 is 0. The number of benzene rings is 1. The monoisotopic (exact) mass is 245 g/mol. The van der Waals surface area contributed by atoms with Gasteiger partial charge in [-0.15, -0.1) is 11.3 Å². The lowest BCUT2D eigenvalue weighted by Gasteiger charge is -1.93. The molecule has 0 unspecified atom stereocenters. The van der Waals surface area contributed by atoms with Gasteiger partial charge in [0.2, 0.25) is 0 Å². The quantitative estimate of drug-likeness (QED) is 0.844. The topological polar surface area (TPSA) is 50.2 Å². The van der Waals surface area contributed by atoms with E-state index in [0.717, 1.165) is 10.6 Å². The maximum absolute atomic E-state index is 10.7. The Kier molecular flexibility index (Phi) is 3.35. The van der Waals surface area contributed by atoms with Gasteiger partial charge in [-0.3, -0.25) is 0 Å². The van der Waals surface area contributed by atoms with Gasteiger partial charge in [-0.05, 0) is 13.0 Å². The van der Waals surface area contributed by atoms with Crippen molar-refractivity contribution in [3.8, 4) is 10.6 Å². The summed E-state index contributed by atoms with van der Waals surface area (Å²) in [6.45, 7) is 1.56. The fourth-order valence-corrected chi connectivity index (χ4v) is 2.13. The molecular weight excluding hydrogens is 234 g/mol. The molecule has 1 aromatic carbocycles. The molecule has 0 saturated carbocycles. The molecule has 86 valence electrons. The molecule has 0 aliphatic rings. The molecule has 0 fully saturated rings. The van der Waals surface area contributed by atoms with E-state index in [1.165, 1.54) is 11.3 Å². The zero-order chi connectivity index (χ0) is 12.3. The molecule has 0 spiro atoms. The second kappa shape index (κ2) is 4.93. The van der Waals surface area contributed by atoms with E-state index in [0.29, 0.717) is 5.69 Å². The van der Waals surface area contributed by atoms with Crippen LogP contribution in [0.15, 0.2) is 41.3 Å². The fourth-order valence-electron chi connectivity index (χ4n) is 1.35. The van der Waals surface area contributed by atoms with Crippen molar-refractivity contribution in [2.24, 2.45) is 0 Å². The normalized spacial score (nSPS) is 11.5. The summed E-state index contributed by atoms with van der Waals surface area (Å²) in [5.74, 6) is -0.917. The van der Waals surface area contributed by atoms with E-state index in [1.54, 1.807) is 13.0 Å². The number of rotatable bonds is 3. The van der Waals surface area contributed by atoms with Crippen LogP contribution in [0.5, 0.6) is 0 Å². The van der Waals surface area contributed by atoms with Crippen LogP contribution < -0.4 is 0 Å². The first-order valence-corrected chi connectivity index (χ1v) is 5.97. The van der Waals surface area contributed by atoms with Gasteiger partial charge in [0.15, 0.2) is 0 Å². The zero-order valence-corrected chi connectivity index (χ0v) is 10.1. The number of hydrogen-bond donors (Lipinski definition) is 1. The summed E-state index contributed by atoms with van der Waals surface area (Å²) in [7, 11) is 0. The summed E-state index contributed by atoms with van der Waals surface area (Å²) in [5, 5.41) is 11.5. The van der Waals surface area contributed by atoms with Gasteiger partial charge in [-0.1, -0.05) is 30.3 Å². The van der Waals surface area contributed by atoms with E-state index >= 15 is 0 Å². The van der Waals surface area contributed by atoms with E-state index in [1.807, 2.05) is 35.7 Å². The molecule has 0 saturated heterocycles. The molecule has 1 N–H and O–H groups in total. The van der Waals surface area contributed by atoms with Gasteiger partial charge in [0, 0.05) is 16.5 Å². The summed E-state index contributed by atoms with van der Waals surface area (Å²) >= 11 is 1.51. The van der Waals surface area contributed by atoms with Crippen LogP contribution in [-0.4, -0.2) is 16.1 Å². The molecule has 4 heteroatoms. The van der Waals surface area contributed by atoms with Crippen molar-refractivity contribution in [1.29, 1.82) is 0 Å². The van der Waals surface area contributed by atoms with Gasteiger partial charge in [-0.25, -0.2) is 9.78 Å². The number of carboxylic acid groups (broad SMARTS) is 1. The third kappa shape index (κ3) is 2.79. The molecule has 2 rings (SSSR count). The lowest BCUT2D eigenvalue weighted by molar-refractivity contribution is -0.132. The Morgan fingerprint density at radius 3 is 2.71 bits per heavy atom. The Hall–Kier alpha value is -1.94. The van der Waals surface area contributed by atoms with E-state index in [4.69, 9.17) is 5.11 Å². The molecule has 0 radical (unpaired) electrons. The highest BCUT2D eigenvalue weighted by atomic mass is 32.1. The van der Waals surface area contributed by atoms with Crippen molar-refractivity contribution in [2.75, 3.05) is 0 Å². The van der Waals surface area contributed by atoms with Gasteiger partial charge in [0.05, 0.1) is 5.69 Å². The van der Waals surface area contributed by atoms with Gasteiger partial charge in [-0.2, -0.15) is 0 Å². The minimum atomic E-state index is -0.917. The second-order valence-electron chi connectivity index (χ2n) is 3.58. The summed E-state index contributed by atoms with van der Waals surface area (Å²) in [6.07, 6.45) is 1.57. The number of thiazole rings is 1. The zero-order valence-electron chi connectivity index (χ0n) is 9.25. The van der Waals surface area contributed by atoms with Crippen LogP contribution in [0.3, 0.4) is 0 Å². The van der Waals surface area contributed by atoms with Crippen LogP contribution in [0.25, 0.3) is 16.6 Å². The highest BCUT2D eigenvalue weighted by molar-refractivity contribution is 7.13. The van der Waals surface area contributed by atoms with Crippen LogP contribution in [0.1, 0.15) is 12.6 Å². The predicted molar refractivity (Wildman–Crippen MR) is 68.8 cm³/mol. The maximum atomic E-state index is 10.7. The van der Waals surface area contributed by atoms with Crippen molar-refractivity contribution in [1.82, 2.24) is 4.98 Å². The smallest absolute Gasteiger partial charge is 0.331 e. The summed E-state index contributed by atoms with van der Waals surface area (Å²) in [4.78, 5) is 15.1. The Morgan fingerprint density at radius 1 is 1.35 bits per heavy atom. The Bertz CT molecular complexity index is 558. The van der Waals surface area contributed by atoms with Crippen molar-refractivity contribution >= 4 is 23.4 Å². The van der Waals surface area contributed by atoms with Gasteiger partial charge < -0.3 is 5.11 Å². The number of carbonyl (C=O) groups is 1. The molecule has 3 nitrogen and oxygen atoms in total. The molecule has 0 aliphatic carbocycles. The maximum Gasteiger partial charge on any atom is 0.331 e. The standard InChI is InChI=1S/C13H11NO2S/c1-9(13(15)16)7-11-8-17-12(14-11)10-5-3-2-4-6-10/h2-8H,1H3,(H,15,16). The van der Waals surface area contributed by atoms with E-state index < -0.39 is 5.97 Å². The average molecular weight is 245 g/mol. The molecule has 0 amide bonds. The van der Waals surface area contributed by atoms with Crippen LogP contribution >= 0.6 is 11.3 Å². The lowest BCUT2D eigenvalue weighted by Crippen LogP contribution is -1.95. The van der Waals surface area contributed by atoms with Crippen LogP contribution in [0.2, 0.25) is 0 Å². The van der Waals surface area contributed by atoms with E-state index in [-0.39, 0.29) is 5.57 Å². The minimum Gasteiger partial charge on any atom is -0.478 e. The van der Waals surface area contributed by atoms with Crippen LogP contribution in [-0.2, 0) is 4.79 Å². The molecule has 1 aromatic heterocycles. The van der Waals surface area contributed by atoms with Crippen molar-refractivity contribution < 1.29 is 9.90 Å². The third-order valence-corrected chi connectivity index (χ3v) is 3.15. The first-order valence-electron chi connectivity index (χ1n) is 5.09. The molecule has 1 heterocycles. The third-order valence-electron chi connectivity index (χ3n) is 2.24. The van der Waals surface area contributed by atoms with Crippen LogP contribution in [0, 0.1) is 0 Å². The van der Waals surface area contributed by atoms with Gasteiger partial charge in [0.25, 0.3) is 0 Å². The first kappa shape index (κ1) is 11.5. The second-order valence-corrected chi connectivity index (χ2v) is 4.43. The molecule has 0 bridgehead atoms. The number of aliphatic carboxylic acids is 1. The Morgan fingerprint density at radius 2 is 2.06 bits per heavy atom. The van der Waals surface area contributed by atoms with Gasteiger partial charge >= 0.3 is 5.97 Å². The summed E-state index contributed by atoms with van der Waals surface area (Å²) in [6, 6.07) is 9.82. The SMILES string of the molecule is CC(=Cc1csc(-c2ccccc2)n1)C(=O)O. The highest BCUT2D eigenvalue weighted by Gasteiger charge is 2.05. The first-order chi connectivity index (χ1) is 8.16. The van der Waals surface area contributed by atoms with Crippen molar-refractivity contribution in [3.05, 3.63) is 47.0 Å². The van der Waals surface area contributed by atoms with Crippen molar-refractivity contribution in [2.45, 2.75) is 6.92 Å². The van der Waals surface area contributed by atoms with Crippen molar-refractivity contribution in [3.63, 3.8) is 0 Å². The van der Waals surface area contributed by atoms with Gasteiger partial charge in [0.1, 0.15) is 5.01 Å². The molecule has 0 atom stereocenters. The van der Waals surface area contributed by atoms with E-state index in [9.17, 15) is 4.79 Å². The number of hydrogen-bond acceptors (Lipinski definition) is 3. The largest absolute Gasteiger partial charge is 0.478 e.